The Morgan fingerprint density at radius 2 is 2.14 bits per heavy atom. The number of carbonyl (C=O) groups excluding carboxylic acids is 1. The molecule has 2 N–H and O–H groups in total. The van der Waals surface area contributed by atoms with E-state index in [1.54, 1.807) is 0 Å². The summed E-state index contributed by atoms with van der Waals surface area (Å²) in [5.74, 6) is 1.85. The van der Waals surface area contributed by atoms with Crippen LogP contribution >= 0.6 is 0 Å². The summed E-state index contributed by atoms with van der Waals surface area (Å²) in [5.41, 5.74) is 5.80. The first-order valence-electron chi connectivity index (χ1n) is 7.73. The van der Waals surface area contributed by atoms with E-state index in [2.05, 4.69) is 10.2 Å². The Labute approximate surface area is 123 Å². The zero-order valence-electron chi connectivity index (χ0n) is 12.2. The molecule has 0 spiro atoms. The standard InChI is InChI=1S/C14H21N5O2/c1-18-10-2-3-11(19(7-10)14(18)20)13-17-16-12(21-13)6-8-4-9(15)5-8/h8-11H,2-7,15H2,1H3/t8?,9?,10-,11+/m1/s1. The Kier molecular flexibility index (Phi) is 2.92. The lowest BCUT2D eigenvalue weighted by molar-refractivity contribution is 0.164. The first-order chi connectivity index (χ1) is 10.1. The number of carbonyl (C=O) groups is 1. The summed E-state index contributed by atoms with van der Waals surface area (Å²) in [6.07, 6.45) is 4.79. The third-order valence-electron chi connectivity index (χ3n) is 5.16. The molecule has 3 heterocycles. The molecule has 2 atom stereocenters. The number of hydrogen-bond donors (Lipinski definition) is 1. The molecule has 0 aromatic carbocycles. The third kappa shape index (κ3) is 2.10. The number of rotatable bonds is 3. The number of urea groups is 1. The molecule has 1 aliphatic carbocycles. The predicted octanol–water partition coefficient (Wildman–Crippen LogP) is 0.920. The van der Waals surface area contributed by atoms with Crippen molar-refractivity contribution in [3.05, 3.63) is 11.8 Å². The van der Waals surface area contributed by atoms with Crippen LogP contribution < -0.4 is 5.73 Å². The van der Waals surface area contributed by atoms with Crippen LogP contribution in [-0.2, 0) is 6.42 Å². The minimum atomic E-state index is -0.0522. The summed E-state index contributed by atoms with van der Waals surface area (Å²) in [6, 6.07) is 0.703. The molecule has 1 saturated carbocycles. The van der Waals surface area contributed by atoms with Crippen molar-refractivity contribution in [2.75, 3.05) is 13.6 Å². The van der Waals surface area contributed by atoms with Crippen molar-refractivity contribution in [1.82, 2.24) is 20.0 Å². The van der Waals surface area contributed by atoms with Crippen molar-refractivity contribution in [2.45, 2.75) is 50.2 Å². The van der Waals surface area contributed by atoms with E-state index in [1.165, 1.54) is 0 Å². The van der Waals surface area contributed by atoms with Gasteiger partial charge in [-0.3, -0.25) is 0 Å². The minimum Gasteiger partial charge on any atom is -0.423 e. The first kappa shape index (κ1) is 13.1. The maximum absolute atomic E-state index is 12.2. The molecule has 7 heteroatoms. The van der Waals surface area contributed by atoms with Gasteiger partial charge in [0.1, 0.15) is 6.04 Å². The van der Waals surface area contributed by atoms with Crippen molar-refractivity contribution in [1.29, 1.82) is 0 Å². The maximum Gasteiger partial charge on any atom is 0.320 e. The average Bonchev–Trinajstić information content (AvgIpc) is 2.99. The van der Waals surface area contributed by atoms with Crippen LogP contribution in [0.5, 0.6) is 0 Å². The molecule has 3 aliphatic rings. The van der Waals surface area contributed by atoms with Gasteiger partial charge in [0, 0.05) is 26.1 Å². The van der Waals surface area contributed by atoms with Crippen LogP contribution in [0.1, 0.15) is 43.5 Å². The number of fused-ring (bicyclic) bond motifs is 2. The van der Waals surface area contributed by atoms with Gasteiger partial charge in [0.05, 0.1) is 6.04 Å². The van der Waals surface area contributed by atoms with Crippen molar-refractivity contribution in [3.63, 3.8) is 0 Å². The van der Waals surface area contributed by atoms with E-state index < -0.39 is 0 Å². The molecule has 1 aromatic rings. The molecule has 2 aliphatic heterocycles. The molecule has 7 nitrogen and oxygen atoms in total. The zero-order chi connectivity index (χ0) is 14.6. The number of nitrogens with two attached hydrogens (primary N) is 1. The summed E-state index contributed by atoms with van der Waals surface area (Å²) >= 11 is 0. The van der Waals surface area contributed by atoms with Gasteiger partial charge in [0.15, 0.2) is 0 Å². The molecule has 2 saturated heterocycles. The fraction of sp³-hybridized carbons (Fsp3) is 0.786. The van der Waals surface area contributed by atoms with Crippen LogP contribution in [0.2, 0.25) is 0 Å². The Morgan fingerprint density at radius 3 is 2.90 bits per heavy atom. The van der Waals surface area contributed by atoms with Crippen LogP contribution in [0, 0.1) is 5.92 Å². The summed E-state index contributed by atoms with van der Waals surface area (Å²) < 4.78 is 5.82. The maximum atomic E-state index is 12.2. The number of aromatic nitrogens is 2. The van der Waals surface area contributed by atoms with E-state index in [0.29, 0.717) is 29.8 Å². The Bertz CT molecular complexity index is 553. The zero-order valence-corrected chi connectivity index (χ0v) is 12.2. The number of hydrogen-bond acceptors (Lipinski definition) is 5. The van der Waals surface area contributed by atoms with Crippen molar-refractivity contribution >= 4 is 6.03 Å². The van der Waals surface area contributed by atoms with E-state index in [1.807, 2.05) is 16.8 Å². The summed E-state index contributed by atoms with van der Waals surface area (Å²) in [4.78, 5) is 15.9. The molecule has 21 heavy (non-hydrogen) atoms. The largest absolute Gasteiger partial charge is 0.423 e. The van der Waals surface area contributed by atoms with Crippen molar-refractivity contribution < 1.29 is 9.21 Å². The van der Waals surface area contributed by atoms with Gasteiger partial charge in [0.2, 0.25) is 11.8 Å². The highest BCUT2D eigenvalue weighted by molar-refractivity contribution is 5.77. The van der Waals surface area contributed by atoms with Crippen LogP contribution in [0.25, 0.3) is 0 Å². The molecule has 2 amide bonds. The lowest BCUT2D eigenvalue weighted by Gasteiger charge is -2.31. The molecule has 3 fully saturated rings. The number of likely N-dealkylation sites (N-methyl/N-ethyl adjacent to an activating group) is 1. The normalized spacial score (nSPS) is 35.2. The molecule has 0 radical (unpaired) electrons. The van der Waals surface area contributed by atoms with Gasteiger partial charge < -0.3 is 20.0 Å². The Balaban J connectivity index is 1.47. The molecule has 0 unspecified atom stereocenters. The van der Waals surface area contributed by atoms with Gasteiger partial charge in [-0.1, -0.05) is 0 Å². The summed E-state index contributed by atoms with van der Waals surface area (Å²) in [6.45, 7) is 0.773. The van der Waals surface area contributed by atoms with E-state index in [9.17, 15) is 4.79 Å². The highest BCUT2D eigenvalue weighted by atomic mass is 16.4. The fourth-order valence-electron chi connectivity index (χ4n) is 3.78. The van der Waals surface area contributed by atoms with E-state index >= 15 is 0 Å². The molecular formula is C14H21N5O2. The van der Waals surface area contributed by atoms with Gasteiger partial charge >= 0.3 is 6.03 Å². The second-order valence-electron chi connectivity index (χ2n) is 6.63. The Morgan fingerprint density at radius 1 is 1.33 bits per heavy atom. The highest BCUT2D eigenvalue weighted by Gasteiger charge is 2.45. The van der Waals surface area contributed by atoms with Crippen LogP contribution in [-0.4, -0.2) is 51.7 Å². The van der Waals surface area contributed by atoms with Crippen molar-refractivity contribution in [3.8, 4) is 0 Å². The van der Waals surface area contributed by atoms with Gasteiger partial charge in [-0.05, 0) is 31.6 Å². The SMILES string of the molecule is CN1C(=O)N2C[C@H]1CC[C@H]2c1nnc(CC2CC(N)C2)o1. The van der Waals surface area contributed by atoms with Crippen molar-refractivity contribution in [2.24, 2.45) is 11.7 Å². The van der Waals surface area contributed by atoms with Crippen LogP contribution in [0.4, 0.5) is 4.79 Å². The monoisotopic (exact) mass is 291 g/mol. The molecule has 2 bridgehead atoms. The second kappa shape index (κ2) is 4.69. The second-order valence-corrected chi connectivity index (χ2v) is 6.63. The van der Waals surface area contributed by atoms with Gasteiger partial charge in [-0.25, -0.2) is 4.79 Å². The molecule has 1 aromatic heterocycles. The van der Waals surface area contributed by atoms with Gasteiger partial charge in [-0.15, -0.1) is 10.2 Å². The fourth-order valence-corrected chi connectivity index (χ4v) is 3.78. The van der Waals surface area contributed by atoms with Crippen LogP contribution in [0.15, 0.2) is 4.42 Å². The summed E-state index contributed by atoms with van der Waals surface area (Å²) in [7, 11) is 1.87. The molecular weight excluding hydrogens is 270 g/mol. The lowest BCUT2D eigenvalue weighted by atomic mass is 9.79. The smallest absolute Gasteiger partial charge is 0.320 e. The third-order valence-corrected chi connectivity index (χ3v) is 5.16. The number of piperidine rings is 1. The van der Waals surface area contributed by atoms with E-state index in [0.717, 1.165) is 38.6 Å². The predicted molar refractivity (Wildman–Crippen MR) is 74.3 cm³/mol. The van der Waals surface area contributed by atoms with Gasteiger partial charge in [-0.2, -0.15) is 0 Å². The van der Waals surface area contributed by atoms with Gasteiger partial charge in [0.25, 0.3) is 0 Å². The molecule has 114 valence electrons. The lowest BCUT2D eigenvalue weighted by Crippen LogP contribution is -2.37. The first-order valence-corrected chi connectivity index (χ1v) is 7.73. The number of nitrogens with zero attached hydrogens (tertiary/aromatic N) is 4. The van der Waals surface area contributed by atoms with Crippen LogP contribution in [0.3, 0.4) is 0 Å². The Hall–Kier alpha value is -1.63. The van der Waals surface area contributed by atoms with E-state index in [-0.39, 0.29) is 12.1 Å². The van der Waals surface area contributed by atoms with E-state index in [4.69, 9.17) is 10.2 Å². The number of amides is 2. The minimum absolute atomic E-state index is 0.0522. The average molecular weight is 291 g/mol. The summed E-state index contributed by atoms with van der Waals surface area (Å²) in [5, 5.41) is 8.34. The topological polar surface area (TPSA) is 88.5 Å². The molecule has 4 rings (SSSR count). The quantitative estimate of drug-likeness (QED) is 0.894. The highest BCUT2D eigenvalue weighted by Crippen LogP contribution is 2.37.